The first-order valence-electron chi connectivity index (χ1n) is 9.12. The molecule has 1 heteroatoms. The number of nitrogens with zero attached hydrogens (tertiary/aromatic N) is 1. The van der Waals surface area contributed by atoms with Crippen LogP contribution in [-0.2, 0) is 0 Å². The van der Waals surface area contributed by atoms with Crippen molar-refractivity contribution in [3.05, 3.63) is 58.2 Å². The van der Waals surface area contributed by atoms with Gasteiger partial charge in [0, 0.05) is 13.1 Å². The van der Waals surface area contributed by atoms with E-state index in [4.69, 9.17) is 0 Å². The van der Waals surface area contributed by atoms with Crippen LogP contribution >= 0.6 is 0 Å². The Morgan fingerprint density at radius 2 is 2.09 bits per heavy atom. The van der Waals surface area contributed by atoms with Crippen LogP contribution in [0.25, 0.3) is 0 Å². The van der Waals surface area contributed by atoms with Gasteiger partial charge in [0.2, 0.25) is 0 Å². The van der Waals surface area contributed by atoms with E-state index >= 15 is 0 Å². The van der Waals surface area contributed by atoms with Crippen molar-refractivity contribution in [1.29, 1.82) is 0 Å². The molecule has 2 rings (SSSR count). The summed E-state index contributed by atoms with van der Waals surface area (Å²) in [6.45, 7) is 13.4. The Labute approximate surface area is 143 Å². The highest BCUT2D eigenvalue weighted by molar-refractivity contribution is 5.38. The second-order valence-corrected chi connectivity index (χ2v) is 7.15. The van der Waals surface area contributed by atoms with Crippen LogP contribution in [-0.4, -0.2) is 25.0 Å². The molecule has 0 saturated heterocycles. The SMILES string of the molecule is C=C(/C=C\C1=C(CC)CCN(C)C1)CCC1=C(C)CCC=C1C. The number of likely N-dealkylation sites (N-methyl/N-ethyl adjacent to an activating group) is 1. The molecule has 1 aliphatic carbocycles. The highest BCUT2D eigenvalue weighted by Gasteiger charge is 2.13. The summed E-state index contributed by atoms with van der Waals surface area (Å²) in [6, 6.07) is 0. The molecule has 0 unspecified atom stereocenters. The van der Waals surface area contributed by atoms with Gasteiger partial charge < -0.3 is 4.90 Å². The molecule has 2 aliphatic rings. The Hall–Kier alpha value is -1.34. The van der Waals surface area contributed by atoms with Crippen molar-refractivity contribution in [3.8, 4) is 0 Å². The molecule has 0 fully saturated rings. The average molecular weight is 312 g/mol. The monoisotopic (exact) mass is 311 g/mol. The highest BCUT2D eigenvalue weighted by Crippen LogP contribution is 2.29. The van der Waals surface area contributed by atoms with Gasteiger partial charge in [-0.25, -0.2) is 0 Å². The molecule has 0 spiro atoms. The second kappa shape index (κ2) is 8.49. The van der Waals surface area contributed by atoms with Crippen LogP contribution in [0.15, 0.2) is 58.2 Å². The predicted molar refractivity (Wildman–Crippen MR) is 103 cm³/mol. The lowest BCUT2D eigenvalue weighted by Gasteiger charge is -2.26. The molecule has 0 radical (unpaired) electrons. The van der Waals surface area contributed by atoms with Crippen molar-refractivity contribution in [2.45, 2.75) is 59.3 Å². The largest absolute Gasteiger partial charge is 0.302 e. The van der Waals surface area contributed by atoms with Crippen molar-refractivity contribution >= 4 is 0 Å². The molecule has 126 valence electrons. The molecule has 0 atom stereocenters. The molecule has 0 aromatic rings. The van der Waals surface area contributed by atoms with E-state index in [-0.39, 0.29) is 0 Å². The average Bonchev–Trinajstić information content (AvgIpc) is 2.52. The van der Waals surface area contributed by atoms with E-state index in [0.29, 0.717) is 0 Å². The molecule has 0 N–H and O–H groups in total. The number of rotatable bonds is 6. The van der Waals surface area contributed by atoms with Gasteiger partial charge in [-0.2, -0.15) is 0 Å². The molecule has 1 heterocycles. The maximum absolute atomic E-state index is 4.28. The Kier molecular flexibility index (Phi) is 6.65. The van der Waals surface area contributed by atoms with Gasteiger partial charge in [0.15, 0.2) is 0 Å². The fourth-order valence-electron chi connectivity index (χ4n) is 3.66. The van der Waals surface area contributed by atoms with Gasteiger partial charge in [-0.05, 0) is 70.6 Å². The summed E-state index contributed by atoms with van der Waals surface area (Å²) < 4.78 is 0. The zero-order valence-corrected chi connectivity index (χ0v) is 15.5. The fraction of sp³-hybridized carbons (Fsp3) is 0.545. The van der Waals surface area contributed by atoms with Crippen molar-refractivity contribution < 1.29 is 0 Å². The van der Waals surface area contributed by atoms with Crippen LogP contribution in [0.3, 0.4) is 0 Å². The van der Waals surface area contributed by atoms with Crippen LogP contribution in [0.2, 0.25) is 0 Å². The molecule has 0 aromatic heterocycles. The Morgan fingerprint density at radius 1 is 1.30 bits per heavy atom. The quantitative estimate of drug-likeness (QED) is 0.546. The van der Waals surface area contributed by atoms with Crippen molar-refractivity contribution in [2.24, 2.45) is 0 Å². The van der Waals surface area contributed by atoms with E-state index in [1.807, 2.05) is 0 Å². The molecular weight excluding hydrogens is 278 g/mol. The standard InChI is InChI=1S/C22H33N/c1-6-20-14-15-23(5)16-21(20)12-10-17(2)11-13-22-18(3)8-7-9-19(22)4/h8,10,12H,2,6-7,9,11,13-16H2,1,3-5H3/b12-10-. The summed E-state index contributed by atoms with van der Waals surface area (Å²) in [6.07, 6.45) is 14.0. The van der Waals surface area contributed by atoms with E-state index < -0.39 is 0 Å². The first-order valence-corrected chi connectivity index (χ1v) is 9.12. The summed E-state index contributed by atoms with van der Waals surface area (Å²) >= 11 is 0. The molecule has 1 aliphatic heterocycles. The molecule has 1 nitrogen and oxygen atoms in total. The van der Waals surface area contributed by atoms with Gasteiger partial charge in [0.1, 0.15) is 0 Å². The van der Waals surface area contributed by atoms with Gasteiger partial charge in [0.25, 0.3) is 0 Å². The Balaban J connectivity index is 1.94. The number of allylic oxidation sites excluding steroid dienone is 6. The third kappa shape index (κ3) is 5.07. The van der Waals surface area contributed by atoms with Gasteiger partial charge in [-0.15, -0.1) is 0 Å². The summed E-state index contributed by atoms with van der Waals surface area (Å²) in [7, 11) is 2.21. The van der Waals surface area contributed by atoms with Gasteiger partial charge in [-0.1, -0.05) is 54.0 Å². The first-order chi connectivity index (χ1) is 11.0. The Morgan fingerprint density at radius 3 is 2.78 bits per heavy atom. The third-order valence-corrected chi connectivity index (χ3v) is 5.29. The molecule has 0 bridgehead atoms. The van der Waals surface area contributed by atoms with E-state index in [9.17, 15) is 0 Å². The van der Waals surface area contributed by atoms with Crippen molar-refractivity contribution in [2.75, 3.05) is 20.1 Å². The van der Waals surface area contributed by atoms with Crippen LogP contribution in [0.4, 0.5) is 0 Å². The zero-order chi connectivity index (χ0) is 16.8. The fourth-order valence-corrected chi connectivity index (χ4v) is 3.66. The lowest BCUT2D eigenvalue weighted by atomic mass is 9.88. The molecule has 0 aromatic carbocycles. The molecular formula is C22H33N. The maximum Gasteiger partial charge on any atom is 0.0230 e. The van der Waals surface area contributed by atoms with Crippen molar-refractivity contribution in [1.82, 2.24) is 4.90 Å². The summed E-state index contributed by atoms with van der Waals surface area (Å²) in [4.78, 5) is 2.41. The minimum atomic E-state index is 1.07. The first kappa shape index (κ1) is 18.0. The molecule has 0 saturated carbocycles. The maximum atomic E-state index is 4.28. The Bertz CT molecular complexity index is 569. The third-order valence-electron chi connectivity index (χ3n) is 5.29. The minimum Gasteiger partial charge on any atom is -0.302 e. The second-order valence-electron chi connectivity index (χ2n) is 7.15. The van der Waals surface area contributed by atoms with E-state index in [2.05, 4.69) is 57.5 Å². The molecule has 23 heavy (non-hydrogen) atoms. The minimum absolute atomic E-state index is 1.07. The lowest BCUT2D eigenvalue weighted by Crippen LogP contribution is -2.27. The van der Waals surface area contributed by atoms with Gasteiger partial charge >= 0.3 is 0 Å². The van der Waals surface area contributed by atoms with Crippen LogP contribution < -0.4 is 0 Å². The lowest BCUT2D eigenvalue weighted by molar-refractivity contribution is 0.349. The predicted octanol–water partition coefficient (Wildman–Crippen LogP) is 5.98. The smallest absolute Gasteiger partial charge is 0.0230 e. The van der Waals surface area contributed by atoms with Crippen molar-refractivity contribution in [3.63, 3.8) is 0 Å². The highest BCUT2D eigenvalue weighted by atomic mass is 15.1. The zero-order valence-electron chi connectivity index (χ0n) is 15.5. The summed E-state index contributed by atoms with van der Waals surface area (Å²) in [5.74, 6) is 0. The van der Waals surface area contributed by atoms with Crippen LogP contribution in [0, 0.1) is 0 Å². The summed E-state index contributed by atoms with van der Waals surface area (Å²) in [5, 5.41) is 0. The van der Waals surface area contributed by atoms with E-state index in [1.165, 1.54) is 48.9 Å². The van der Waals surface area contributed by atoms with Crippen LogP contribution in [0.5, 0.6) is 0 Å². The number of hydrogen-bond acceptors (Lipinski definition) is 1. The van der Waals surface area contributed by atoms with Gasteiger partial charge in [0.05, 0.1) is 0 Å². The number of hydrogen-bond donors (Lipinski definition) is 0. The van der Waals surface area contributed by atoms with E-state index in [0.717, 1.165) is 19.4 Å². The van der Waals surface area contributed by atoms with Gasteiger partial charge in [-0.3, -0.25) is 0 Å². The van der Waals surface area contributed by atoms with Crippen LogP contribution in [0.1, 0.15) is 59.3 Å². The van der Waals surface area contributed by atoms with E-state index in [1.54, 1.807) is 16.7 Å². The summed E-state index contributed by atoms with van der Waals surface area (Å²) in [5.41, 5.74) is 9.00. The topological polar surface area (TPSA) is 3.24 Å². The normalized spacial score (nSPS) is 20.4. The molecule has 0 amide bonds.